The summed E-state index contributed by atoms with van der Waals surface area (Å²) in [7, 11) is 1.54. The van der Waals surface area contributed by atoms with Gasteiger partial charge in [-0.15, -0.1) is 0 Å². The molecular weight excluding hydrogens is 314 g/mol. The zero-order chi connectivity index (χ0) is 15.6. The Kier molecular flexibility index (Phi) is 4.91. The summed E-state index contributed by atoms with van der Waals surface area (Å²) < 4.78 is 27.8. The fourth-order valence-corrected chi connectivity index (χ4v) is 3.10. The van der Waals surface area contributed by atoms with E-state index in [-0.39, 0.29) is 22.8 Å². The van der Waals surface area contributed by atoms with Gasteiger partial charge in [-0.1, -0.05) is 19.1 Å². The Labute approximate surface area is 129 Å². The molecule has 116 valence electrons. The largest absolute Gasteiger partial charge is 0.368 e. The molecule has 1 heterocycles. The summed E-state index contributed by atoms with van der Waals surface area (Å²) >= 11 is 0. The van der Waals surface area contributed by atoms with Crippen molar-refractivity contribution in [1.82, 2.24) is 5.32 Å². The van der Waals surface area contributed by atoms with Crippen LogP contribution < -0.4 is 5.32 Å². The van der Waals surface area contributed by atoms with Gasteiger partial charge in [0.05, 0.1) is 10.9 Å². The highest BCUT2D eigenvalue weighted by molar-refractivity contribution is 8.13. The third kappa shape index (κ3) is 3.96. The summed E-state index contributed by atoms with van der Waals surface area (Å²) in [5.41, 5.74) is 0.804. The van der Waals surface area contributed by atoms with E-state index in [9.17, 15) is 13.2 Å². The molecule has 0 bridgehead atoms. The number of hydrogen-bond acceptors (Lipinski definition) is 4. The van der Waals surface area contributed by atoms with E-state index in [2.05, 4.69) is 5.32 Å². The molecule has 1 aromatic rings. The highest BCUT2D eigenvalue weighted by atomic mass is 35.7. The molecule has 5 nitrogen and oxygen atoms in total. The lowest BCUT2D eigenvalue weighted by Gasteiger charge is -2.19. The molecule has 1 aromatic carbocycles. The molecule has 3 unspecified atom stereocenters. The molecule has 3 atom stereocenters. The number of halogens is 1. The number of rotatable bonds is 4. The molecule has 0 aliphatic carbocycles. The Hall–Kier alpha value is -1.11. The Balaban J connectivity index is 2.03. The average molecular weight is 332 g/mol. The molecule has 21 heavy (non-hydrogen) atoms. The van der Waals surface area contributed by atoms with Gasteiger partial charge in [-0.2, -0.15) is 0 Å². The quantitative estimate of drug-likeness (QED) is 0.859. The van der Waals surface area contributed by atoms with Crippen LogP contribution in [0, 0.1) is 5.92 Å². The standard InChI is InChI=1S/C14H18ClNO4S/c1-9-7-8-20-13(9)14(17)16-10(2)11-3-5-12(6-4-11)21(15,18)19/h3-6,9-10,13H,7-8H2,1-2H3,(H,16,17). The van der Waals surface area contributed by atoms with Gasteiger partial charge in [-0.05, 0) is 37.0 Å². The number of nitrogens with one attached hydrogen (secondary N) is 1. The predicted octanol–water partition coefficient (Wildman–Crippen LogP) is 2.22. The molecule has 1 aliphatic rings. The molecule has 1 amide bonds. The summed E-state index contributed by atoms with van der Waals surface area (Å²) in [5.74, 6) is 0.0718. The lowest BCUT2D eigenvalue weighted by atomic mass is 10.0. The Morgan fingerprint density at radius 3 is 2.48 bits per heavy atom. The van der Waals surface area contributed by atoms with Crippen LogP contribution in [0.1, 0.15) is 31.9 Å². The molecule has 1 saturated heterocycles. The van der Waals surface area contributed by atoms with E-state index in [4.69, 9.17) is 15.4 Å². The summed E-state index contributed by atoms with van der Waals surface area (Å²) in [4.78, 5) is 12.2. The second-order valence-corrected chi connectivity index (χ2v) is 7.86. The SMILES string of the molecule is CC(NC(=O)C1OCCC1C)c1ccc(S(=O)(=O)Cl)cc1. The van der Waals surface area contributed by atoms with Gasteiger partial charge in [0.15, 0.2) is 0 Å². The van der Waals surface area contributed by atoms with Crippen LogP contribution in [-0.2, 0) is 18.6 Å². The molecule has 1 aliphatic heterocycles. The summed E-state index contributed by atoms with van der Waals surface area (Å²) in [6, 6.07) is 5.89. The molecule has 1 fully saturated rings. The van der Waals surface area contributed by atoms with E-state index in [1.165, 1.54) is 12.1 Å². The van der Waals surface area contributed by atoms with E-state index in [1.54, 1.807) is 12.1 Å². The monoisotopic (exact) mass is 331 g/mol. The fourth-order valence-electron chi connectivity index (χ4n) is 2.33. The maximum Gasteiger partial charge on any atom is 0.261 e. The minimum absolute atomic E-state index is 0.0409. The lowest BCUT2D eigenvalue weighted by Crippen LogP contribution is -2.38. The number of hydrogen-bond donors (Lipinski definition) is 1. The van der Waals surface area contributed by atoms with Gasteiger partial charge in [-0.3, -0.25) is 4.79 Å². The smallest absolute Gasteiger partial charge is 0.261 e. The van der Waals surface area contributed by atoms with Crippen molar-refractivity contribution in [2.75, 3.05) is 6.61 Å². The van der Waals surface area contributed by atoms with Crippen molar-refractivity contribution in [3.63, 3.8) is 0 Å². The van der Waals surface area contributed by atoms with Crippen LogP contribution in [0.3, 0.4) is 0 Å². The molecule has 7 heteroatoms. The van der Waals surface area contributed by atoms with E-state index in [0.29, 0.717) is 6.61 Å². The first kappa shape index (κ1) is 16.3. The van der Waals surface area contributed by atoms with Crippen molar-refractivity contribution in [2.24, 2.45) is 5.92 Å². The first-order valence-corrected chi connectivity index (χ1v) is 9.06. The summed E-state index contributed by atoms with van der Waals surface area (Å²) in [6.45, 7) is 4.43. The topological polar surface area (TPSA) is 72.5 Å². The van der Waals surface area contributed by atoms with Crippen molar-refractivity contribution in [1.29, 1.82) is 0 Å². The fraction of sp³-hybridized carbons (Fsp3) is 0.500. The highest BCUT2D eigenvalue weighted by Gasteiger charge is 2.31. The van der Waals surface area contributed by atoms with Crippen molar-refractivity contribution >= 4 is 25.6 Å². The second kappa shape index (κ2) is 6.34. The van der Waals surface area contributed by atoms with Crippen LogP contribution in [0.4, 0.5) is 0 Å². The third-order valence-corrected chi connectivity index (χ3v) is 5.04. The van der Waals surface area contributed by atoms with Crippen LogP contribution in [0.25, 0.3) is 0 Å². The number of carbonyl (C=O) groups is 1. The number of amides is 1. The van der Waals surface area contributed by atoms with E-state index in [0.717, 1.165) is 12.0 Å². The Bertz CT molecular complexity index is 614. The lowest BCUT2D eigenvalue weighted by molar-refractivity contribution is -0.132. The van der Waals surface area contributed by atoms with E-state index in [1.807, 2.05) is 13.8 Å². The van der Waals surface area contributed by atoms with E-state index < -0.39 is 15.2 Å². The molecular formula is C14H18ClNO4S. The predicted molar refractivity (Wildman–Crippen MR) is 79.6 cm³/mol. The van der Waals surface area contributed by atoms with Gasteiger partial charge in [0, 0.05) is 17.3 Å². The normalized spacial score (nSPS) is 23.8. The maximum absolute atomic E-state index is 12.1. The van der Waals surface area contributed by atoms with Crippen LogP contribution in [0.2, 0.25) is 0 Å². The summed E-state index contributed by atoms with van der Waals surface area (Å²) in [5, 5.41) is 2.88. The van der Waals surface area contributed by atoms with Crippen molar-refractivity contribution in [3.8, 4) is 0 Å². The zero-order valence-corrected chi connectivity index (χ0v) is 13.4. The molecule has 2 rings (SSSR count). The molecule has 0 saturated carbocycles. The summed E-state index contributed by atoms with van der Waals surface area (Å²) in [6.07, 6.45) is 0.476. The number of carbonyl (C=O) groups excluding carboxylic acids is 1. The van der Waals surface area contributed by atoms with E-state index >= 15 is 0 Å². The van der Waals surface area contributed by atoms with Gasteiger partial charge in [0.25, 0.3) is 9.05 Å². The number of benzene rings is 1. The van der Waals surface area contributed by atoms with Crippen LogP contribution in [0.5, 0.6) is 0 Å². The van der Waals surface area contributed by atoms with Crippen LogP contribution in [-0.4, -0.2) is 27.0 Å². The van der Waals surface area contributed by atoms with Crippen LogP contribution in [0.15, 0.2) is 29.2 Å². The average Bonchev–Trinajstić information content (AvgIpc) is 2.84. The van der Waals surface area contributed by atoms with Gasteiger partial charge in [0.1, 0.15) is 6.10 Å². The highest BCUT2D eigenvalue weighted by Crippen LogP contribution is 2.22. The van der Waals surface area contributed by atoms with Crippen molar-refractivity contribution < 1.29 is 17.9 Å². The molecule has 1 N–H and O–H groups in total. The van der Waals surface area contributed by atoms with Gasteiger partial charge >= 0.3 is 0 Å². The third-order valence-electron chi connectivity index (χ3n) is 3.67. The molecule has 0 aromatic heterocycles. The van der Waals surface area contributed by atoms with Crippen molar-refractivity contribution in [2.45, 2.75) is 37.3 Å². The van der Waals surface area contributed by atoms with Crippen LogP contribution >= 0.6 is 10.7 Å². The second-order valence-electron chi connectivity index (χ2n) is 5.29. The minimum Gasteiger partial charge on any atom is -0.368 e. The first-order chi connectivity index (χ1) is 9.79. The maximum atomic E-state index is 12.1. The Morgan fingerprint density at radius 1 is 1.38 bits per heavy atom. The van der Waals surface area contributed by atoms with Crippen molar-refractivity contribution in [3.05, 3.63) is 29.8 Å². The van der Waals surface area contributed by atoms with Gasteiger partial charge < -0.3 is 10.1 Å². The van der Waals surface area contributed by atoms with Gasteiger partial charge in [-0.25, -0.2) is 8.42 Å². The Morgan fingerprint density at radius 2 is 2.00 bits per heavy atom. The van der Waals surface area contributed by atoms with Gasteiger partial charge in [0.2, 0.25) is 5.91 Å². The molecule has 0 spiro atoms. The zero-order valence-electron chi connectivity index (χ0n) is 11.9. The minimum atomic E-state index is -3.72. The number of ether oxygens (including phenoxy) is 1. The first-order valence-electron chi connectivity index (χ1n) is 6.75. The molecule has 0 radical (unpaired) electrons.